The molecule has 0 unspecified atom stereocenters. The molecule has 0 bridgehead atoms. The van der Waals surface area contributed by atoms with Crippen molar-refractivity contribution in [3.8, 4) is 17.0 Å². The molecule has 3 heterocycles. The molecule has 0 spiro atoms. The highest BCUT2D eigenvalue weighted by atomic mass is 32.1. The topological polar surface area (TPSA) is 80.8 Å². The minimum atomic E-state index is -0.337. The number of rotatable bonds is 7. The lowest BCUT2D eigenvalue weighted by molar-refractivity contribution is -0.128. The molecular weight excluding hydrogens is 390 g/mol. The average Bonchev–Trinajstić information content (AvgIpc) is 3.39. The Morgan fingerprint density at radius 1 is 1.41 bits per heavy atom. The van der Waals surface area contributed by atoms with Crippen LogP contribution < -0.4 is 10.1 Å². The van der Waals surface area contributed by atoms with Crippen molar-refractivity contribution in [2.24, 2.45) is 5.92 Å². The number of ether oxygens (including phenoxy) is 2. The van der Waals surface area contributed by atoms with E-state index in [-0.39, 0.29) is 30.3 Å². The monoisotopic (exact) mass is 415 g/mol. The molecule has 2 aromatic rings. The van der Waals surface area contributed by atoms with Crippen LogP contribution in [0, 0.1) is 5.92 Å². The molecule has 4 rings (SSSR count). The van der Waals surface area contributed by atoms with Gasteiger partial charge in [0.25, 0.3) is 0 Å². The van der Waals surface area contributed by atoms with Crippen LogP contribution in [0.25, 0.3) is 11.3 Å². The van der Waals surface area contributed by atoms with E-state index in [0.29, 0.717) is 24.8 Å². The second-order valence-corrected chi connectivity index (χ2v) is 8.43. The quantitative estimate of drug-likeness (QED) is 0.703. The van der Waals surface area contributed by atoms with Gasteiger partial charge in [-0.2, -0.15) is 0 Å². The number of carbonyl (C=O) groups excluding carboxylic acids is 2. The Hall–Kier alpha value is -2.45. The van der Waals surface area contributed by atoms with Gasteiger partial charge in [0.1, 0.15) is 11.9 Å². The Kier molecular flexibility index (Phi) is 5.82. The van der Waals surface area contributed by atoms with Gasteiger partial charge in [0.2, 0.25) is 11.8 Å². The maximum atomic E-state index is 12.6. The van der Waals surface area contributed by atoms with Crippen molar-refractivity contribution >= 4 is 28.3 Å². The average molecular weight is 416 g/mol. The van der Waals surface area contributed by atoms with Gasteiger partial charge in [-0.3, -0.25) is 9.59 Å². The van der Waals surface area contributed by atoms with Crippen molar-refractivity contribution in [3.05, 3.63) is 29.1 Å². The molecular formula is C21H25N3O4S. The van der Waals surface area contributed by atoms with Crippen LogP contribution in [0.15, 0.2) is 23.6 Å². The molecule has 2 aliphatic heterocycles. The maximum Gasteiger partial charge on any atom is 0.231 e. The third-order valence-corrected chi connectivity index (χ3v) is 6.05. The van der Waals surface area contributed by atoms with Gasteiger partial charge in [-0.25, -0.2) is 4.98 Å². The molecule has 2 atom stereocenters. The number of benzene rings is 1. The first-order valence-electron chi connectivity index (χ1n) is 9.86. The highest BCUT2D eigenvalue weighted by Crippen LogP contribution is 2.34. The number of carbonyl (C=O) groups is 2. The standard InChI is InChI=1S/C21H25N3O4S/c1-13-8-15-9-14(4-5-18(15)28-13)17-12-29-21(22-17)23-20(26)16-10-19(25)24(11-16)6-3-7-27-2/h4-5,9,12-13,16H,3,6-8,10-11H2,1-2H3,(H,22,23,26)/t13-,16-/m1/s1. The van der Waals surface area contributed by atoms with Gasteiger partial charge in [-0.15, -0.1) is 11.3 Å². The maximum absolute atomic E-state index is 12.6. The minimum absolute atomic E-state index is 0.0238. The van der Waals surface area contributed by atoms with Crippen LogP contribution in [0.5, 0.6) is 5.75 Å². The molecule has 1 saturated heterocycles. The van der Waals surface area contributed by atoms with Gasteiger partial charge in [0, 0.05) is 50.6 Å². The number of methoxy groups -OCH3 is 1. The van der Waals surface area contributed by atoms with Crippen LogP contribution >= 0.6 is 11.3 Å². The summed E-state index contributed by atoms with van der Waals surface area (Å²) in [7, 11) is 1.64. The number of nitrogens with one attached hydrogen (secondary N) is 1. The van der Waals surface area contributed by atoms with E-state index >= 15 is 0 Å². The molecule has 154 valence electrons. The van der Waals surface area contributed by atoms with Crippen molar-refractivity contribution in [3.63, 3.8) is 0 Å². The first kappa shape index (κ1) is 19.8. The third kappa shape index (κ3) is 4.43. The molecule has 1 fully saturated rings. The van der Waals surface area contributed by atoms with Crippen molar-refractivity contribution in [2.75, 3.05) is 32.1 Å². The summed E-state index contributed by atoms with van der Waals surface area (Å²) in [6.07, 6.45) is 2.12. The zero-order valence-corrected chi connectivity index (χ0v) is 17.5. The fraction of sp³-hybridized carbons (Fsp3) is 0.476. The number of hydrogen-bond acceptors (Lipinski definition) is 6. The molecule has 0 saturated carbocycles. The third-order valence-electron chi connectivity index (χ3n) is 5.29. The number of likely N-dealkylation sites (tertiary alicyclic amines) is 1. The number of aromatic nitrogens is 1. The number of nitrogens with zero attached hydrogens (tertiary/aromatic N) is 2. The summed E-state index contributed by atoms with van der Waals surface area (Å²) in [6, 6.07) is 6.08. The van der Waals surface area contributed by atoms with E-state index < -0.39 is 0 Å². The van der Waals surface area contributed by atoms with Crippen molar-refractivity contribution in [1.29, 1.82) is 0 Å². The Morgan fingerprint density at radius 2 is 2.28 bits per heavy atom. The fourth-order valence-electron chi connectivity index (χ4n) is 3.82. The fourth-order valence-corrected chi connectivity index (χ4v) is 4.54. The van der Waals surface area contributed by atoms with Gasteiger partial charge in [0.05, 0.1) is 11.6 Å². The highest BCUT2D eigenvalue weighted by Gasteiger charge is 2.34. The van der Waals surface area contributed by atoms with Crippen molar-refractivity contribution < 1.29 is 19.1 Å². The highest BCUT2D eigenvalue weighted by molar-refractivity contribution is 7.14. The molecule has 2 aliphatic rings. The minimum Gasteiger partial charge on any atom is -0.490 e. The second kappa shape index (κ2) is 8.51. The SMILES string of the molecule is COCCCN1C[C@H](C(=O)Nc2nc(-c3ccc4c(c3)C[C@@H](C)O4)cs2)CC1=O. The van der Waals surface area contributed by atoms with Crippen LogP contribution in [-0.4, -0.2) is 54.6 Å². The van der Waals surface area contributed by atoms with Crippen molar-refractivity contribution in [1.82, 2.24) is 9.88 Å². The summed E-state index contributed by atoms with van der Waals surface area (Å²) < 4.78 is 10.8. The van der Waals surface area contributed by atoms with Crippen LogP contribution in [-0.2, 0) is 20.7 Å². The van der Waals surface area contributed by atoms with E-state index in [4.69, 9.17) is 9.47 Å². The number of amides is 2. The van der Waals surface area contributed by atoms with Gasteiger partial charge in [0.15, 0.2) is 5.13 Å². The predicted molar refractivity (Wildman–Crippen MR) is 111 cm³/mol. The zero-order chi connectivity index (χ0) is 20.4. The van der Waals surface area contributed by atoms with E-state index in [1.165, 1.54) is 16.9 Å². The Morgan fingerprint density at radius 3 is 3.10 bits per heavy atom. The largest absolute Gasteiger partial charge is 0.490 e. The lowest BCUT2D eigenvalue weighted by Gasteiger charge is -2.15. The van der Waals surface area contributed by atoms with Gasteiger partial charge >= 0.3 is 0 Å². The first-order valence-corrected chi connectivity index (χ1v) is 10.7. The molecule has 2 amide bonds. The van der Waals surface area contributed by atoms with Crippen LogP contribution in [0.1, 0.15) is 25.3 Å². The van der Waals surface area contributed by atoms with E-state index in [9.17, 15) is 9.59 Å². The summed E-state index contributed by atoms with van der Waals surface area (Å²) in [5.74, 6) is 0.474. The van der Waals surface area contributed by atoms with Crippen molar-refractivity contribution in [2.45, 2.75) is 32.3 Å². The summed E-state index contributed by atoms with van der Waals surface area (Å²) in [5, 5.41) is 5.38. The zero-order valence-electron chi connectivity index (χ0n) is 16.6. The summed E-state index contributed by atoms with van der Waals surface area (Å²) in [4.78, 5) is 31.0. The van der Waals surface area contributed by atoms with Gasteiger partial charge in [-0.05, 0) is 37.1 Å². The summed E-state index contributed by atoms with van der Waals surface area (Å²) >= 11 is 1.39. The normalized spacial score (nSPS) is 20.6. The Balaban J connectivity index is 1.36. The number of fused-ring (bicyclic) bond motifs is 1. The molecule has 29 heavy (non-hydrogen) atoms. The first-order chi connectivity index (χ1) is 14.0. The molecule has 1 N–H and O–H groups in total. The summed E-state index contributed by atoms with van der Waals surface area (Å²) in [6.45, 7) is 3.74. The summed E-state index contributed by atoms with van der Waals surface area (Å²) in [5.41, 5.74) is 3.03. The molecule has 1 aromatic heterocycles. The number of hydrogen-bond donors (Lipinski definition) is 1. The molecule has 8 heteroatoms. The molecule has 0 aliphatic carbocycles. The van der Waals surface area contributed by atoms with E-state index in [2.05, 4.69) is 23.3 Å². The van der Waals surface area contributed by atoms with Crippen LogP contribution in [0.4, 0.5) is 5.13 Å². The van der Waals surface area contributed by atoms with E-state index in [1.807, 2.05) is 17.5 Å². The predicted octanol–water partition coefficient (Wildman–Crippen LogP) is 2.96. The second-order valence-electron chi connectivity index (χ2n) is 7.57. The lowest BCUT2D eigenvalue weighted by Crippen LogP contribution is -2.29. The molecule has 1 aromatic carbocycles. The Labute approximate surface area is 174 Å². The molecule has 0 radical (unpaired) electrons. The lowest BCUT2D eigenvalue weighted by atomic mass is 10.1. The number of anilines is 1. The van der Waals surface area contributed by atoms with Gasteiger partial charge in [-0.1, -0.05) is 0 Å². The number of thiazole rings is 1. The van der Waals surface area contributed by atoms with E-state index in [0.717, 1.165) is 29.8 Å². The van der Waals surface area contributed by atoms with E-state index in [1.54, 1.807) is 12.0 Å². The Bertz CT molecular complexity index is 913. The van der Waals surface area contributed by atoms with Crippen LogP contribution in [0.3, 0.4) is 0 Å². The van der Waals surface area contributed by atoms with Crippen LogP contribution in [0.2, 0.25) is 0 Å². The molecule has 7 nitrogen and oxygen atoms in total. The van der Waals surface area contributed by atoms with Gasteiger partial charge < -0.3 is 19.7 Å². The smallest absolute Gasteiger partial charge is 0.231 e.